The van der Waals surface area contributed by atoms with Gasteiger partial charge in [-0.1, -0.05) is 6.92 Å². The van der Waals surface area contributed by atoms with Crippen LogP contribution in [0.5, 0.6) is 0 Å². The Bertz CT molecular complexity index is 151. The van der Waals surface area contributed by atoms with E-state index in [1.54, 1.807) is 0 Å². The van der Waals surface area contributed by atoms with Crippen LogP contribution in [0, 0.1) is 0 Å². The van der Waals surface area contributed by atoms with Crippen LogP contribution in [0.25, 0.3) is 0 Å². The molecule has 0 aliphatic carbocycles. The Morgan fingerprint density at radius 1 is 1.62 bits per heavy atom. The third kappa shape index (κ3) is 5.60. The van der Waals surface area contributed by atoms with Gasteiger partial charge in [0.15, 0.2) is 0 Å². The quantitative estimate of drug-likeness (QED) is 0.587. The first-order valence-corrected chi connectivity index (χ1v) is 4.68. The van der Waals surface area contributed by atoms with E-state index in [-0.39, 0.29) is 5.97 Å². The van der Waals surface area contributed by atoms with Gasteiger partial charge in [-0.2, -0.15) is 0 Å². The maximum absolute atomic E-state index is 10.9. The number of carbonyl (C=O) groups excluding carboxylic acids is 1. The van der Waals surface area contributed by atoms with Crippen molar-refractivity contribution < 1.29 is 9.53 Å². The first kappa shape index (κ1) is 12.4. The summed E-state index contributed by atoms with van der Waals surface area (Å²) in [7, 11) is 1.35. The average Bonchev–Trinajstić information content (AvgIpc) is 2.15. The lowest BCUT2D eigenvalue weighted by Gasteiger charge is -2.13. The predicted molar refractivity (Wildman–Crippen MR) is 52.4 cm³/mol. The van der Waals surface area contributed by atoms with Crippen LogP contribution in [-0.2, 0) is 9.53 Å². The van der Waals surface area contributed by atoms with Crippen LogP contribution in [0.2, 0.25) is 0 Å². The van der Waals surface area contributed by atoms with Gasteiger partial charge in [0, 0.05) is 6.04 Å². The number of methoxy groups -OCH3 is 1. The van der Waals surface area contributed by atoms with Gasteiger partial charge in [-0.3, -0.25) is 4.79 Å². The highest BCUT2D eigenvalue weighted by molar-refractivity contribution is 5.75. The largest absolute Gasteiger partial charge is 0.468 e. The van der Waals surface area contributed by atoms with Gasteiger partial charge in [0.1, 0.15) is 6.04 Å². The number of ether oxygens (including phenoxy) is 1. The zero-order chi connectivity index (χ0) is 10.3. The molecule has 0 saturated carbocycles. The van der Waals surface area contributed by atoms with E-state index in [1.165, 1.54) is 7.11 Å². The van der Waals surface area contributed by atoms with Crippen LogP contribution in [0.4, 0.5) is 0 Å². The molecule has 0 aromatic heterocycles. The standard InChI is InChI=1S/C9H20N2O2/c1-4-7(2)11-6-5-8(10)9(12)13-3/h7-8,11H,4-6,10H2,1-3H3. The summed E-state index contributed by atoms with van der Waals surface area (Å²) in [5.74, 6) is -0.342. The normalized spacial score (nSPS) is 15.1. The third-order valence-electron chi connectivity index (χ3n) is 2.06. The first-order valence-electron chi connectivity index (χ1n) is 4.68. The molecule has 0 bridgehead atoms. The number of nitrogens with one attached hydrogen (secondary N) is 1. The number of hydrogen-bond donors (Lipinski definition) is 2. The monoisotopic (exact) mass is 188 g/mol. The van der Waals surface area contributed by atoms with Crippen molar-refractivity contribution in [3.05, 3.63) is 0 Å². The molecule has 13 heavy (non-hydrogen) atoms. The van der Waals surface area contributed by atoms with Crippen molar-refractivity contribution in [1.29, 1.82) is 0 Å². The molecule has 0 rings (SSSR count). The molecule has 2 unspecified atom stereocenters. The fourth-order valence-corrected chi connectivity index (χ4v) is 0.899. The first-order chi connectivity index (χ1) is 6.11. The predicted octanol–water partition coefficient (Wildman–Crippen LogP) is 0.265. The Hall–Kier alpha value is -0.610. The number of hydrogen-bond acceptors (Lipinski definition) is 4. The highest BCUT2D eigenvalue weighted by Gasteiger charge is 2.12. The summed E-state index contributed by atoms with van der Waals surface area (Å²) >= 11 is 0. The Kier molecular flexibility index (Phi) is 6.54. The van der Waals surface area contributed by atoms with Crippen molar-refractivity contribution in [3.8, 4) is 0 Å². The SMILES string of the molecule is CCC(C)NCCC(N)C(=O)OC. The molecule has 4 nitrogen and oxygen atoms in total. The molecule has 0 aromatic rings. The van der Waals surface area contributed by atoms with Crippen molar-refractivity contribution in [1.82, 2.24) is 5.32 Å². The molecule has 0 spiro atoms. The van der Waals surface area contributed by atoms with E-state index in [0.29, 0.717) is 12.5 Å². The average molecular weight is 188 g/mol. The van der Waals surface area contributed by atoms with Gasteiger partial charge in [-0.05, 0) is 26.3 Å². The maximum atomic E-state index is 10.9. The molecule has 0 amide bonds. The Morgan fingerprint density at radius 3 is 2.69 bits per heavy atom. The minimum Gasteiger partial charge on any atom is -0.468 e. The molecule has 78 valence electrons. The van der Waals surface area contributed by atoms with Gasteiger partial charge in [-0.15, -0.1) is 0 Å². The van der Waals surface area contributed by atoms with E-state index in [0.717, 1.165) is 13.0 Å². The Morgan fingerprint density at radius 2 is 2.23 bits per heavy atom. The van der Waals surface area contributed by atoms with Gasteiger partial charge in [0.05, 0.1) is 7.11 Å². The molecular weight excluding hydrogens is 168 g/mol. The Labute approximate surface area is 79.8 Å². The summed E-state index contributed by atoms with van der Waals surface area (Å²) in [6.45, 7) is 4.97. The second-order valence-electron chi connectivity index (χ2n) is 3.18. The lowest BCUT2D eigenvalue weighted by molar-refractivity contribution is -0.142. The van der Waals surface area contributed by atoms with Crippen LogP contribution < -0.4 is 11.1 Å². The van der Waals surface area contributed by atoms with E-state index in [1.807, 2.05) is 0 Å². The lowest BCUT2D eigenvalue weighted by atomic mass is 10.2. The molecule has 0 saturated heterocycles. The van der Waals surface area contributed by atoms with Crippen LogP contribution in [-0.4, -0.2) is 31.7 Å². The summed E-state index contributed by atoms with van der Waals surface area (Å²) in [4.78, 5) is 10.9. The number of esters is 1. The lowest BCUT2D eigenvalue weighted by Crippen LogP contribution is -2.36. The highest BCUT2D eigenvalue weighted by Crippen LogP contribution is 1.92. The fraction of sp³-hybridized carbons (Fsp3) is 0.889. The minimum absolute atomic E-state index is 0.342. The summed E-state index contributed by atoms with van der Waals surface area (Å²) in [6, 6.07) is -0.0218. The summed E-state index contributed by atoms with van der Waals surface area (Å²) < 4.78 is 4.50. The van der Waals surface area contributed by atoms with Crippen LogP contribution in [0.3, 0.4) is 0 Å². The molecular formula is C9H20N2O2. The molecule has 2 atom stereocenters. The van der Waals surface area contributed by atoms with Crippen molar-refractivity contribution in [2.24, 2.45) is 5.73 Å². The van der Waals surface area contributed by atoms with Crippen LogP contribution in [0.1, 0.15) is 26.7 Å². The van der Waals surface area contributed by atoms with Crippen molar-refractivity contribution >= 4 is 5.97 Å². The van der Waals surface area contributed by atoms with Crippen LogP contribution in [0.15, 0.2) is 0 Å². The number of nitrogens with two attached hydrogens (primary N) is 1. The van der Waals surface area contributed by atoms with Gasteiger partial charge in [0.25, 0.3) is 0 Å². The zero-order valence-corrected chi connectivity index (χ0v) is 8.67. The minimum atomic E-state index is -0.499. The van der Waals surface area contributed by atoms with Crippen LogP contribution >= 0.6 is 0 Å². The smallest absolute Gasteiger partial charge is 0.322 e. The summed E-state index contributed by atoms with van der Waals surface area (Å²) in [5, 5.41) is 3.25. The topological polar surface area (TPSA) is 64.3 Å². The molecule has 0 fully saturated rings. The van der Waals surface area contributed by atoms with E-state index >= 15 is 0 Å². The van der Waals surface area contributed by atoms with Gasteiger partial charge in [0.2, 0.25) is 0 Å². The van der Waals surface area contributed by atoms with Crippen molar-refractivity contribution in [2.75, 3.05) is 13.7 Å². The molecule has 3 N–H and O–H groups in total. The second kappa shape index (κ2) is 6.86. The van der Waals surface area contributed by atoms with E-state index in [9.17, 15) is 4.79 Å². The maximum Gasteiger partial charge on any atom is 0.322 e. The summed E-state index contributed by atoms with van der Waals surface area (Å²) in [6.07, 6.45) is 1.70. The van der Waals surface area contributed by atoms with Crippen molar-refractivity contribution in [2.45, 2.75) is 38.8 Å². The number of rotatable bonds is 6. The highest BCUT2D eigenvalue weighted by atomic mass is 16.5. The molecule has 0 heterocycles. The fourth-order valence-electron chi connectivity index (χ4n) is 0.899. The van der Waals surface area contributed by atoms with E-state index < -0.39 is 6.04 Å². The molecule has 0 aliphatic rings. The molecule has 4 heteroatoms. The van der Waals surface area contributed by atoms with Gasteiger partial charge in [-0.25, -0.2) is 0 Å². The Balaban J connectivity index is 3.47. The van der Waals surface area contributed by atoms with E-state index in [4.69, 9.17) is 5.73 Å². The summed E-state index contributed by atoms with van der Waals surface area (Å²) in [5.41, 5.74) is 5.54. The second-order valence-corrected chi connectivity index (χ2v) is 3.18. The molecule has 0 aliphatic heterocycles. The number of carbonyl (C=O) groups is 1. The third-order valence-corrected chi connectivity index (χ3v) is 2.06. The zero-order valence-electron chi connectivity index (χ0n) is 8.67. The molecule has 0 radical (unpaired) electrons. The molecule has 0 aromatic carbocycles. The van der Waals surface area contributed by atoms with Crippen molar-refractivity contribution in [3.63, 3.8) is 0 Å². The van der Waals surface area contributed by atoms with E-state index in [2.05, 4.69) is 23.9 Å². The van der Waals surface area contributed by atoms with Gasteiger partial charge >= 0.3 is 5.97 Å². The van der Waals surface area contributed by atoms with Gasteiger partial charge < -0.3 is 15.8 Å².